The molecule has 0 N–H and O–H groups in total. The lowest BCUT2D eigenvalue weighted by atomic mass is 10.1. The molecule has 314 valence electrons. The highest BCUT2D eigenvalue weighted by molar-refractivity contribution is 5.71. The number of hydrogen-bond acceptors (Lipinski definition) is 6. The van der Waals surface area contributed by atoms with E-state index >= 15 is 0 Å². The van der Waals surface area contributed by atoms with Gasteiger partial charge >= 0.3 is 17.9 Å². The van der Waals surface area contributed by atoms with E-state index in [1.165, 1.54) is 64.2 Å². The Hall–Kier alpha value is -3.15. The molecule has 0 amide bonds. The minimum Gasteiger partial charge on any atom is -0.462 e. The van der Waals surface area contributed by atoms with Crippen molar-refractivity contribution in [3.8, 4) is 0 Å². The van der Waals surface area contributed by atoms with Crippen LogP contribution in [0.4, 0.5) is 0 Å². The first-order valence-electron chi connectivity index (χ1n) is 22.4. The van der Waals surface area contributed by atoms with E-state index in [1.54, 1.807) is 0 Å². The van der Waals surface area contributed by atoms with E-state index in [2.05, 4.69) is 81.5 Å². The zero-order valence-corrected chi connectivity index (χ0v) is 35.7. The molecule has 0 fully saturated rings. The first kappa shape index (κ1) is 51.9. The van der Waals surface area contributed by atoms with E-state index in [0.29, 0.717) is 19.3 Å². The Labute approximate surface area is 338 Å². The van der Waals surface area contributed by atoms with Crippen LogP contribution < -0.4 is 0 Å². The number of esters is 3. The lowest BCUT2D eigenvalue weighted by Gasteiger charge is -2.18. The number of carbonyl (C=O) groups excluding carboxylic acids is 3. The van der Waals surface area contributed by atoms with Gasteiger partial charge in [0.2, 0.25) is 0 Å². The SMILES string of the molecule is CC/C=C\C/C=C\C/C=C\C/C=C\CCC(=O)OCC(COC(=O)CCCCCCC/C=C\CCCCC)OC(=O)CCCCCCC/C=C\CCCCC. The van der Waals surface area contributed by atoms with Crippen molar-refractivity contribution in [2.75, 3.05) is 13.2 Å². The van der Waals surface area contributed by atoms with Gasteiger partial charge in [0.15, 0.2) is 6.10 Å². The second-order valence-electron chi connectivity index (χ2n) is 14.6. The van der Waals surface area contributed by atoms with Crippen molar-refractivity contribution in [1.82, 2.24) is 0 Å². The first-order valence-corrected chi connectivity index (χ1v) is 22.4. The fourth-order valence-corrected chi connectivity index (χ4v) is 5.80. The van der Waals surface area contributed by atoms with Crippen LogP contribution >= 0.6 is 0 Å². The largest absolute Gasteiger partial charge is 0.462 e. The van der Waals surface area contributed by atoms with E-state index in [9.17, 15) is 14.4 Å². The molecular formula is C49H82O6. The molecule has 6 heteroatoms. The Morgan fingerprint density at radius 3 is 1.22 bits per heavy atom. The number of unbranched alkanes of at least 4 members (excludes halogenated alkanes) is 16. The van der Waals surface area contributed by atoms with Crippen LogP contribution in [0.5, 0.6) is 0 Å². The van der Waals surface area contributed by atoms with Gasteiger partial charge in [-0.3, -0.25) is 14.4 Å². The molecule has 0 radical (unpaired) electrons. The Morgan fingerprint density at radius 1 is 0.382 bits per heavy atom. The Morgan fingerprint density at radius 2 is 0.745 bits per heavy atom. The third-order valence-corrected chi connectivity index (χ3v) is 9.18. The molecule has 0 aliphatic heterocycles. The van der Waals surface area contributed by atoms with Gasteiger partial charge in [-0.25, -0.2) is 0 Å². The van der Waals surface area contributed by atoms with Crippen molar-refractivity contribution in [3.63, 3.8) is 0 Å². The fraction of sp³-hybridized carbons (Fsp3) is 0.694. The number of allylic oxidation sites excluding steroid dienone is 12. The Balaban J connectivity index is 4.51. The second-order valence-corrected chi connectivity index (χ2v) is 14.6. The monoisotopic (exact) mass is 767 g/mol. The third kappa shape index (κ3) is 41.8. The summed E-state index contributed by atoms with van der Waals surface area (Å²) in [4.78, 5) is 37.7. The fourth-order valence-electron chi connectivity index (χ4n) is 5.80. The van der Waals surface area contributed by atoms with E-state index in [4.69, 9.17) is 14.2 Å². The summed E-state index contributed by atoms with van der Waals surface area (Å²) in [6.45, 7) is 6.37. The number of carbonyl (C=O) groups is 3. The molecule has 0 aromatic carbocycles. The van der Waals surface area contributed by atoms with Crippen LogP contribution in [0.3, 0.4) is 0 Å². The molecule has 0 saturated carbocycles. The molecule has 0 spiro atoms. The van der Waals surface area contributed by atoms with Gasteiger partial charge in [-0.05, 0) is 96.3 Å². The van der Waals surface area contributed by atoms with Crippen LogP contribution in [0.2, 0.25) is 0 Å². The Bertz CT molecular complexity index is 1070. The van der Waals surface area contributed by atoms with Crippen molar-refractivity contribution in [1.29, 1.82) is 0 Å². The number of ether oxygens (including phenoxy) is 3. The minimum absolute atomic E-state index is 0.106. The highest BCUT2D eigenvalue weighted by atomic mass is 16.6. The molecule has 0 rings (SSSR count). The summed E-state index contributed by atoms with van der Waals surface area (Å²) < 4.78 is 16.6. The topological polar surface area (TPSA) is 78.9 Å². The minimum atomic E-state index is -0.808. The molecule has 1 unspecified atom stereocenters. The molecule has 0 heterocycles. The van der Waals surface area contributed by atoms with Crippen molar-refractivity contribution in [2.45, 2.75) is 207 Å². The molecule has 0 bridgehead atoms. The van der Waals surface area contributed by atoms with Crippen LogP contribution in [-0.4, -0.2) is 37.2 Å². The first-order chi connectivity index (χ1) is 27.0. The molecular weight excluding hydrogens is 685 g/mol. The van der Waals surface area contributed by atoms with Crippen LogP contribution in [0, 0.1) is 0 Å². The molecule has 1 atom stereocenters. The number of rotatable bonds is 39. The standard InChI is InChI=1S/C49H82O6/c1-4-7-10-13-16-19-22-25-28-30-33-36-39-42-48(51)54-45-46(55-49(52)43-40-37-34-31-27-24-21-18-15-12-9-6-3)44-53-47(50)41-38-35-32-29-26-23-20-17-14-11-8-5-2/h7,10,16-21,25,28,33,36,46H,4-6,8-9,11-15,22-24,26-27,29-32,34-35,37-45H2,1-3H3/b10-7-,19-16-,20-17-,21-18-,28-25-,36-33-. The zero-order valence-electron chi connectivity index (χ0n) is 35.7. The molecule has 0 saturated heterocycles. The van der Waals surface area contributed by atoms with E-state index < -0.39 is 6.10 Å². The zero-order chi connectivity index (χ0) is 40.1. The highest BCUT2D eigenvalue weighted by Crippen LogP contribution is 2.12. The van der Waals surface area contributed by atoms with Crippen LogP contribution in [-0.2, 0) is 28.6 Å². The maximum Gasteiger partial charge on any atom is 0.306 e. The van der Waals surface area contributed by atoms with E-state index in [1.807, 2.05) is 12.2 Å². The van der Waals surface area contributed by atoms with Gasteiger partial charge in [-0.15, -0.1) is 0 Å². The van der Waals surface area contributed by atoms with Crippen molar-refractivity contribution in [3.05, 3.63) is 72.9 Å². The normalized spacial score (nSPS) is 12.7. The summed E-state index contributed by atoms with van der Waals surface area (Å²) in [5.74, 6) is -1.02. The molecule has 0 aromatic rings. The van der Waals surface area contributed by atoms with Gasteiger partial charge in [0, 0.05) is 19.3 Å². The van der Waals surface area contributed by atoms with E-state index in [0.717, 1.165) is 89.9 Å². The predicted octanol–water partition coefficient (Wildman–Crippen LogP) is 14.3. The molecule has 6 nitrogen and oxygen atoms in total. The van der Waals surface area contributed by atoms with Gasteiger partial charge in [-0.1, -0.05) is 158 Å². The molecule has 0 aromatic heterocycles. The third-order valence-electron chi connectivity index (χ3n) is 9.18. The van der Waals surface area contributed by atoms with Crippen molar-refractivity contribution >= 4 is 17.9 Å². The van der Waals surface area contributed by atoms with Crippen LogP contribution in [0.15, 0.2) is 72.9 Å². The van der Waals surface area contributed by atoms with Crippen LogP contribution in [0.1, 0.15) is 201 Å². The van der Waals surface area contributed by atoms with E-state index in [-0.39, 0.29) is 37.5 Å². The summed E-state index contributed by atoms with van der Waals surface area (Å²) in [6.07, 6.45) is 53.2. The lowest BCUT2D eigenvalue weighted by molar-refractivity contribution is -0.166. The average Bonchev–Trinajstić information content (AvgIpc) is 3.18. The lowest BCUT2D eigenvalue weighted by Crippen LogP contribution is -2.30. The molecule has 55 heavy (non-hydrogen) atoms. The van der Waals surface area contributed by atoms with Gasteiger partial charge in [0.25, 0.3) is 0 Å². The van der Waals surface area contributed by atoms with Gasteiger partial charge < -0.3 is 14.2 Å². The summed E-state index contributed by atoms with van der Waals surface area (Å²) >= 11 is 0. The number of hydrogen-bond donors (Lipinski definition) is 0. The van der Waals surface area contributed by atoms with Gasteiger partial charge in [0.1, 0.15) is 13.2 Å². The predicted molar refractivity (Wildman–Crippen MR) is 233 cm³/mol. The second kappa shape index (κ2) is 43.6. The van der Waals surface area contributed by atoms with Crippen LogP contribution in [0.25, 0.3) is 0 Å². The summed E-state index contributed by atoms with van der Waals surface area (Å²) in [7, 11) is 0. The van der Waals surface area contributed by atoms with Crippen molar-refractivity contribution in [2.24, 2.45) is 0 Å². The average molecular weight is 767 g/mol. The van der Waals surface area contributed by atoms with Gasteiger partial charge in [-0.2, -0.15) is 0 Å². The Kier molecular flexibility index (Phi) is 41.1. The maximum atomic E-state index is 12.7. The summed E-state index contributed by atoms with van der Waals surface area (Å²) in [5.41, 5.74) is 0. The highest BCUT2D eigenvalue weighted by Gasteiger charge is 2.19. The van der Waals surface area contributed by atoms with Crippen molar-refractivity contribution < 1.29 is 28.6 Å². The summed E-state index contributed by atoms with van der Waals surface area (Å²) in [5, 5.41) is 0. The summed E-state index contributed by atoms with van der Waals surface area (Å²) in [6, 6.07) is 0. The van der Waals surface area contributed by atoms with Gasteiger partial charge in [0.05, 0.1) is 0 Å². The maximum absolute atomic E-state index is 12.7. The molecule has 0 aliphatic carbocycles. The quantitative estimate of drug-likeness (QED) is 0.0268. The smallest absolute Gasteiger partial charge is 0.306 e. The molecule has 0 aliphatic rings.